The molecule has 2 aliphatic heterocycles. The second-order valence-corrected chi connectivity index (χ2v) is 6.67. The first kappa shape index (κ1) is 15.1. The Labute approximate surface area is 151 Å². The lowest BCUT2D eigenvalue weighted by Crippen LogP contribution is -2.29. The van der Waals surface area contributed by atoms with Crippen molar-refractivity contribution in [2.45, 2.75) is 25.5 Å². The summed E-state index contributed by atoms with van der Waals surface area (Å²) in [5.74, 6) is 0.731. The quantitative estimate of drug-likeness (QED) is 0.731. The molecule has 26 heavy (non-hydrogen) atoms. The molecule has 0 unspecified atom stereocenters. The fourth-order valence-corrected chi connectivity index (χ4v) is 3.75. The van der Waals surface area contributed by atoms with Crippen molar-refractivity contribution in [1.29, 1.82) is 0 Å². The van der Waals surface area contributed by atoms with Crippen LogP contribution in [0, 0.1) is 0 Å². The molecule has 2 aliphatic rings. The van der Waals surface area contributed by atoms with E-state index in [-0.39, 0.29) is 12.0 Å². The summed E-state index contributed by atoms with van der Waals surface area (Å²) in [6.45, 7) is 1.36. The number of carbonyl (C=O) groups is 1. The molecule has 4 heterocycles. The van der Waals surface area contributed by atoms with Crippen LogP contribution in [0.15, 0.2) is 54.9 Å². The van der Waals surface area contributed by atoms with Crippen molar-refractivity contribution in [2.24, 2.45) is 0 Å². The summed E-state index contributed by atoms with van der Waals surface area (Å²) in [7, 11) is 0. The zero-order valence-corrected chi connectivity index (χ0v) is 14.2. The number of carbonyl (C=O) groups excluding carboxylic acids is 1. The smallest absolute Gasteiger partial charge is 0.278 e. The van der Waals surface area contributed by atoms with E-state index in [4.69, 9.17) is 4.74 Å². The highest BCUT2D eigenvalue weighted by Gasteiger charge is 2.30. The summed E-state index contributed by atoms with van der Waals surface area (Å²) in [6, 6.07) is 13.7. The largest absolute Gasteiger partial charge is 0.486 e. The standard InChI is InChI=1S/C20H18N4O2/c25-20(23-9-7-14-4-1-2-6-19(14)23)18-11-15-10-17(13-24(15)22-18)26-16-5-3-8-21-12-16/h1-6,8,11-12,17H,7,9-10,13H2/t17-/m0/s1. The Bertz CT molecular complexity index is 943. The van der Waals surface area contributed by atoms with E-state index in [9.17, 15) is 4.79 Å². The Morgan fingerprint density at radius 1 is 1.19 bits per heavy atom. The first-order chi connectivity index (χ1) is 12.8. The number of hydrogen-bond acceptors (Lipinski definition) is 4. The number of rotatable bonds is 3. The van der Waals surface area contributed by atoms with Crippen molar-refractivity contribution in [3.8, 4) is 5.75 Å². The molecule has 0 radical (unpaired) electrons. The van der Waals surface area contributed by atoms with Crippen LogP contribution in [0.4, 0.5) is 5.69 Å². The van der Waals surface area contributed by atoms with E-state index in [0.29, 0.717) is 18.8 Å². The van der Waals surface area contributed by atoms with Crippen LogP contribution in [-0.4, -0.2) is 33.3 Å². The summed E-state index contributed by atoms with van der Waals surface area (Å²) in [6.07, 6.45) is 5.10. The first-order valence-electron chi connectivity index (χ1n) is 8.81. The first-order valence-corrected chi connectivity index (χ1v) is 8.81. The maximum absolute atomic E-state index is 12.9. The molecule has 5 rings (SSSR count). The molecule has 0 N–H and O–H groups in total. The number of nitrogens with zero attached hydrogens (tertiary/aromatic N) is 4. The second-order valence-electron chi connectivity index (χ2n) is 6.67. The van der Waals surface area contributed by atoms with Gasteiger partial charge in [0.1, 0.15) is 11.9 Å². The van der Waals surface area contributed by atoms with Crippen LogP contribution in [0.25, 0.3) is 0 Å². The highest BCUT2D eigenvalue weighted by molar-refractivity contribution is 6.06. The number of ether oxygens (including phenoxy) is 1. The van der Waals surface area contributed by atoms with E-state index < -0.39 is 0 Å². The van der Waals surface area contributed by atoms with Crippen LogP contribution in [0.2, 0.25) is 0 Å². The molecule has 0 fully saturated rings. The highest BCUT2D eigenvalue weighted by atomic mass is 16.5. The summed E-state index contributed by atoms with van der Waals surface area (Å²) >= 11 is 0. The van der Waals surface area contributed by atoms with Crippen LogP contribution in [0.1, 0.15) is 21.7 Å². The van der Waals surface area contributed by atoms with Gasteiger partial charge in [-0.2, -0.15) is 5.10 Å². The maximum Gasteiger partial charge on any atom is 0.278 e. The van der Waals surface area contributed by atoms with Crippen LogP contribution in [0.5, 0.6) is 5.75 Å². The third-order valence-corrected chi connectivity index (χ3v) is 4.97. The molecule has 0 saturated carbocycles. The molecule has 6 nitrogen and oxygen atoms in total. The van der Waals surface area contributed by atoms with Crippen LogP contribution in [-0.2, 0) is 19.4 Å². The van der Waals surface area contributed by atoms with Gasteiger partial charge in [-0.15, -0.1) is 0 Å². The summed E-state index contributed by atoms with van der Waals surface area (Å²) in [4.78, 5) is 18.8. The average molecular weight is 346 g/mol. The summed E-state index contributed by atoms with van der Waals surface area (Å²) in [5, 5.41) is 4.53. The van der Waals surface area contributed by atoms with Gasteiger partial charge in [0, 0.05) is 30.5 Å². The van der Waals surface area contributed by atoms with Gasteiger partial charge in [-0.05, 0) is 36.2 Å². The Kier molecular flexibility index (Phi) is 3.48. The number of benzene rings is 1. The van der Waals surface area contributed by atoms with Crippen molar-refractivity contribution in [3.63, 3.8) is 0 Å². The SMILES string of the molecule is O=C(c1cc2n(n1)C[C@@H](Oc1cccnc1)C2)N1CCc2ccccc21. The monoisotopic (exact) mass is 346 g/mol. The second kappa shape index (κ2) is 5.98. The van der Waals surface area contributed by atoms with Crippen molar-refractivity contribution in [3.05, 3.63) is 71.8 Å². The Morgan fingerprint density at radius 3 is 2.96 bits per heavy atom. The number of fused-ring (bicyclic) bond motifs is 2. The number of aromatic nitrogens is 3. The minimum absolute atomic E-state index is 0.0263. The van der Waals surface area contributed by atoms with Crippen molar-refractivity contribution in [1.82, 2.24) is 14.8 Å². The molecule has 1 amide bonds. The van der Waals surface area contributed by atoms with Crippen molar-refractivity contribution in [2.75, 3.05) is 11.4 Å². The molecule has 3 aromatic rings. The third kappa shape index (κ3) is 2.54. The lowest BCUT2D eigenvalue weighted by atomic mass is 10.2. The van der Waals surface area contributed by atoms with Gasteiger partial charge < -0.3 is 9.64 Å². The van der Waals surface area contributed by atoms with Gasteiger partial charge in [0.15, 0.2) is 5.69 Å². The topological polar surface area (TPSA) is 60.3 Å². The van der Waals surface area contributed by atoms with E-state index >= 15 is 0 Å². The number of hydrogen-bond donors (Lipinski definition) is 0. The molecule has 0 bridgehead atoms. The van der Waals surface area contributed by atoms with Gasteiger partial charge in [0.2, 0.25) is 0 Å². The van der Waals surface area contributed by atoms with E-state index in [1.165, 1.54) is 5.56 Å². The number of amides is 1. The predicted molar refractivity (Wildman–Crippen MR) is 96.4 cm³/mol. The van der Waals surface area contributed by atoms with Gasteiger partial charge in [0.25, 0.3) is 5.91 Å². The molecule has 2 aromatic heterocycles. The van der Waals surface area contributed by atoms with Gasteiger partial charge in [0.05, 0.1) is 12.7 Å². The fourth-order valence-electron chi connectivity index (χ4n) is 3.75. The lowest BCUT2D eigenvalue weighted by Gasteiger charge is -2.16. The highest BCUT2D eigenvalue weighted by Crippen LogP contribution is 2.29. The normalized spacial score (nSPS) is 17.8. The van der Waals surface area contributed by atoms with Gasteiger partial charge in [-0.25, -0.2) is 0 Å². The molecule has 6 heteroatoms. The average Bonchev–Trinajstić information content (AvgIpc) is 3.34. The minimum atomic E-state index is -0.0263. The Morgan fingerprint density at radius 2 is 2.12 bits per heavy atom. The molecule has 0 spiro atoms. The zero-order chi connectivity index (χ0) is 17.5. The fraction of sp³-hybridized carbons (Fsp3) is 0.250. The molecule has 1 aromatic carbocycles. The Hall–Kier alpha value is -3.15. The number of pyridine rings is 1. The van der Waals surface area contributed by atoms with E-state index in [1.807, 2.05) is 46.0 Å². The molecule has 0 saturated heterocycles. The number of para-hydroxylation sites is 1. The summed E-state index contributed by atoms with van der Waals surface area (Å²) in [5.41, 5.74) is 3.77. The molecular weight excluding hydrogens is 328 g/mol. The van der Waals surface area contributed by atoms with E-state index in [0.717, 1.165) is 30.0 Å². The van der Waals surface area contributed by atoms with Crippen molar-refractivity contribution >= 4 is 11.6 Å². The van der Waals surface area contributed by atoms with Crippen LogP contribution < -0.4 is 9.64 Å². The van der Waals surface area contributed by atoms with Crippen LogP contribution in [0.3, 0.4) is 0 Å². The maximum atomic E-state index is 12.9. The molecular formula is C20H18N4O2. The summed E-state index contributed by atoms with van der Waals surface area (Å²) < 4.78 is 7.83. The molecule has 130 valence electrons. The van der Waals surface area contributed by atoms with Gasteiger partial charge in [-0.1, -0.05) is 18.2 Å². The molecule has 1 atom stereocenters. The van der Waals surface area contributed by atoms with E-state index in [1.54, 1.807) is 12.4 Å². The van der Waals surface area contributed by atoms with Gasteiger partial charge >= 0.3 is 0 Å². The minimum Gasteiger partial charge on any atom is -0.486 e. The number of anilines is 1. The molecule has 0 aliphatic carbocycles. The van der Waals surface area contributed by atoms with Gasteiger partial charge in [-0.3, -0.25) is 14.5 Å². The van der Waals surface area contributed by atoms with Crippen LogP contribution >= 0.6 is 0 Å². The third-order valence-electron chi connectivity index (χ3n) is 4.97. The van der Waals surface area contributed by atoms with Crippen molar-refractivity contribution < 1.29 is 9.53 Å². The Balaban J connectivity index is 1.31. The zero-order valence-electron chi connectivity index (χ0n) is 14.2. The predicted octanol–water partition coefficient (Wildman–Crippen LogP) is 2.48. The lowest BCUT2D eigenvalue weighted by molar-refractivity contribution is 0.0983. The van der Waals surface area contributed by atoms with E-state index in [2.05, 4.69) is 16.1 Å².